The smallest absolute Gasteiger partial charge is 0.322 e. The fourth-order valence-corrected chi connectivity index (χ4v) is 2.09. The van der Waals surface area contributed by atoms with Crippen LogP contribution < -0.4 is 5.32 Å². The average Bonchev–Trinajstić information content (AvgIpc) is 3.07. The first-order chi connectivity index (χ1) is 10.1. The van der Waals surface area contributed by atoms with Gasteiger partial charge in [-0.2, -0.15) is 0 Å². The third-order valence-electron chi connectivity index (χ3n) is 2.50. The molecule has 8 heteroatoms. The summed E-state index contributed by atoms with van der Waals surface area (Å²) in [7, 11) is 0. The van der Waals surface area contributed by atoms with Crippen LogP contribution >= 0.6 is 15.9 Å². The number of halogens is 2. The summed E-state index contributed by atoms with van der Waals surface area (Å²) in [5.74, 6) is -0.576. The van der Waals surface area contributed by atoms with Crippen molar-refractivity contribution in [2.45, 2.75) is 0 Å². The van der Waals surface area contributed by atoms with Crippen LogP contribution in [0.25, 0.3) is 11.7 Å². The molecule has 0 aliphatic rings. The first-order valence-corrected chi connectivity index (χ1v) is 6.56. The summed E-state index contributed by atoms with van der Waals surface area (Å²) < 4.78 is 24.0. The highest BCUT2D eigenvalue weighted by Crippen LogP contribution is 2.21. The minimum absolute atomic E-state index is 0.105. The van der Waals surface area contributed by atoms with Crippen molar-refractivity contribution in [3.63, 3.8) is 0 Å². The van der Waals surface area contributed by atoms with Crippen molar-refractivity contribution in [3.05, 3.63) is 52.4 Å². The van der Waals surface area contributed by atoms with Gasteiger partial charge in [0.15, 0.2) is 5.76 Å². The lowest BCUT2D eigenvalue weighted by atomic mass is 10.2. The number of furan rings is 1. The summed E-state index contributed by atoms with van der Waals surface area (Å²) in [6.45, 7) is 0. The molecule has 1 N–H and O–H groups in total. The Labute approximate surface area is 126 Å². The van der Waals surface area contributed by atoms with E-state index in [1.807, 2.05) is 0 Å². The molecule has 0 radical (unpaired) electrons. The van der Waals surface area contributed by atoms with Crippen LogP contribution in [0.2, 0.25) is 0 Å². The number of amides is 1. The van der Waals surface area contributed by atoms with Gasteiger partial charge in [0.1, 0.15) is 5.82 Å². The predicted octanol–water partition coefficient (Wildman–Crippen LogP) is 3.48. The van der Waals surface area contributed by atoms with Gasteiger partial charge in [-0.1, -0.05) is 21.0 Å². The van der Waals surface area contributed by atoms with E-state index in [-0.39, 0.29) is 17.5 Å². The van der Waals surface area contributed by atoms with E-state index in [4.69, 9.17) is 8.83 Å². The first kappa shape index (κ1) is 13.5. The zero-order valence-corrected chi connectivity index (χ0v) is 11.9. The second-order valence-corrected chi connectivity index (χ2v) is 4.92. The van der Waals surface area contributed by atoms with E-state index in [0.29, 0.717) is 10.2 Å². The SMILES string of the molecule is O=C(Nc1nnc(-c2ccco2)o1)c1cc(F)cc(Br)c1. The van der Waals surface area contributed by atoms with Crippen LogP contribution in [-0.2, 0) is 0 Å². The lowest BCUT2D eigenvalue weighted by molar-refractivity contribution is 0.102. The number of nitrogens with zero attached hydrogens (tertiary/aromatic N) is 2. The van der Waals surface area contributed by atoms with E-state index in [0.717, 1.165) is 6.07 Å². The Hall–Kier alpha value is -2.48. The number of nitrogens with one attached hydrogen (secondary N) is 1. The normalized spacial score (nSPS) is 10.6. The molecule has 0 aliphatic carbocycles. The maximum atomic E-state index is 13.2. The maximum Gasteiger partial charge on any atom is 0.322 e. The maximum absolute atomic E-state index is 13.2. The minimum Gasteiger partial charge on any atom is -0.459 e. The molecule has 0 saturated carbocycles. The highest BCUT2D eigenvalue weighted by molar-refractivity contribution is 9.10. The molecule has 1 amide bonds. The van der Waals surface area contributed by atoms with Gasteiger partial charge >= 0.3 is 6.01 Å². The van der Waals surface area contributed by atoms with Crippen molar-refractivity contribution < 1.29 is 18.0 Å². The van der Waals surface area contributed by atoms with Gasteiger partial charge in [-0.25, -0.2) is 4.39 Å². The summed E-state index contributed by atoms with van der Waals surface area (Å²) in [5, 5.41) is 9.79. The van der Waals surface area contributed by atoms with Gasteiger partial charge < -0.3 is 8.83 Å². The molecule has 0 unspecified atom stereocenters. The van der Waals surface area contributed by atoms with E-state index < -0.39 is 11.7 Å². The molecule has 2 aromatic heterocycles. The van der Waals surface area contributed by atoms with Gasteiger partial charge in [0.25, 0.3) is 11.8 Å². The molecule has 0 aliphatic heterocycles. The Balaban J connectivity index is 1.79. The van der Waals surface area contributed by atoms with E-state index in [1.165, 1.54) is 18.4 Å². The molecule has 1 aromatic carbocycles. The van der Waals surface area contributed by atoms with Crippen LogP contribution in [0.5, 0.6) is 0 Å². The Morgan fingerprint density at radius 3 is 2.86 bits per heavy atom. The third-order valence-corrected chi connectivity index (χ3v) is 2.96. The summed E-state index contributed by atoms with van der Waals surface area (Å²) in [5.41, 5.74) is 0.125. The Morgan fingerprint density at radius 2 is 2.14 bits per heavy atom. The predicted molar refractivity (Wildman–Crippen MR) is 74.1 cm³/mol. The first-order valence-electron chi connectivity index (χ1n) is 5.76. The van der Waals surface area contributed by atoms with E-state index in [1.54, 1.807) is 12.1 Å². The summed E-state index contributed by atoms with van der Waals surface area (Å²) in [4.78, 5) is 12.0. The molecule has 6 nitrogen and oxygen atoms in total. The van der Waals surface area contributed by atoms with Crippen molar-refractivity contribution in [1.29, 1.82) is 0 Å². The zero-order chi connectivity index (χ0) is 14.8. The van der Waals surface area contributed by atoms with Crippen LogP contribution in [0.15, 0.2) is 49.9 Å². The van der Waals surface area contributed by atoms with Crippen molar-refractivity contribution >= 4 is 27.9 Å². The lowest BCUT2D eigenvalue weighted by Gasteiger charge is -2.01. The fourth-order valence-electron chi connectivity index (χ4n) is 1.63. The lowest BCUT2D eigenvalue weighted by Crippen LogP contribution is -2.12. The molecular formula is C13H7BrFN3O3. The standard InChI is InChI=1S/C13H7BrFN3O3/c14-8-4-7(5-9(15)6-8)11(19)16-13-18-17-12(21-13)10-2-1-3-20-10/h1-6H,(H,16,18,19). The number of rotatable bonds is 3. The van der Waals surface area contributed by atoms with E-state index >= 15 is 0 Å². The molecule has 106 valence electrons. The number of carbonyl (C=O) groups excluding carboxylic acids is 1. The Bertz CT molecular complexity index is 766. The van der Waals surface area contributed by atoms with Gasteiger partial charge in [0.05, 0.1) is 6.26 Å². The van der Waals surface area contributed by atoms with Gasteiger partial charge in [0, 0.05) is 10.0 Å². The molecule has 3 aromatic rings. The molecule has 0 bridgehead atoms. The average molecular weight is 352 g/mol. The van der Waals surface area contributed by atoms with Crippen LogP contribution in [0, 0.1) is 5.82 Å². The number of hydrogen-bond acceptors (Lipinski definition) is 5. The largest absolute Gasteiger partial charge is 0.459 e. The fraction of sp³-hybridized carbons (Fsp3) is 0. The third kappa shape index (κ3) is 3.00. The van der Waals surface area contributed by atoms with Crippen LogP contribution in [0.1, 0.15) is 10.4 Å². The summed E-state index contributed by atoms with van der Waals surface area (Å²) in [6, 6.07) is 7.03. The zero-order valence-electron chi connectivity index (χ0n) is 10.3. The van der Waals surface area contributed by atoms with Crippen LogP contribution in [0.4, 0.5) is 10.4 Å². The van der Waals surface area contributed by atoms with E-state index in [2.05, 4.69) is 31.4 Å². The Morgan fingerprint density at radius 1 is 1.29 bits per heavy atom. The minimum atomic E-state index is -0.565. The van der Waals surface area contributed by atoms with Gasteiger partial charge in [-0.05, 0) is 30.3 Å². The highest BCUT2D eigenvalue weighted by Gasteiger charge is 2.15. The molecule has 2 heterocycles. The quantitative estimate of drug-likeness (QED) is 0.781. The Kier molecular flexibility index (Phi) is 3.53. The molecule has 0 saturated heterocycles. The van der Waals surface area contributed by atoms with Crippen molar-refractivity contribution in [3.8, 4) is 11.7 Å². The second-order valence-electron chi connectivity index (χ2n) is 4.00. The van der Waals surface area contributed by atoms with Gasteiger partial charge in [0.2, 0.25) is 0 Å². The molecular weight excluding hydrogens is 345 g/mol. The summed E-state index contributed by atoms with van der Waals surface area (Å²) >= 11 is 3.11. The van der Waals surface area contributed by atoms with Crippen molar-refractivity contribution in [2.24, 2.45) is 0 Å². The summed E-state index contributed by atoms with van der Waals surface area (Å²) in [6.07, 6.45) is 1.46. The van der Waals surface area contributed by atoms with Gasteiger partial charge in [-0.15, -0.1) is 5.10 Å². The highest BCUT2D eigenvalue weighted by atomic mass is 79.9. The number of aromatic nitrogens is 2. The second kappa shape index (κ2) is 5.49. The number of anilines is 1. The molecule has 3 rings (SSSR count). The molecule has 21 heavy (non-hydrogen) atoms. The topological polar surface area (TPSA) is 81.2 Å². The van der Waals surface area contributed by atoms with E-state index in [9.17, 15) is 9.18 Å². The molecule has 0 spiro atoms. The molecule has 0 atom stereocenters. The van der Waals surface area contributed by atoms with Crippen LogP contribution in [0.3, 0.4) is 0 Å². The van der Waals surface area contributed by atoms with Crippen molar-refractivity contribution in [1.82, 2.24) is 10.2 Å². The van der Waals surface area contributed by atoms with Crippen molar-refractivity contribution in [2.75, 3.05) is 5.32 Å². The number of benzene rings is 1. The molecule has 0 fully saturated rings. The number of carbonyl (C=O) groups is 1. The number of hydrogen-bond donors (Lipinski definition) is 1. The monoisotopic (exact) mass is 351 g/mol. The van der Waals surface area contributed by atoms with Gasteiger partial charge in [-0.3, -0.25) is 10.1 Å². The van der Waals surface area contributed by atoms with Crippen LogP contribution in [-0.4, -0.2) is 16.1 Å².